The number of pyridine rings is 2. The molecule has 0 aliphatic rings. The first-order chi connectivity index (χ1) is 13.9. The number of hydrogen-bond donors (Lipinski definition) is 1. The van der Waals surface area contributed by atoms with Crippen molar-refractivity contribution in [2.75, 3.05) is 0 Å². The fourth-order valence-electron chi connectivity index (χ4n) is 3.12. The van der Waals surface area contributed by atoms with Crippen LogP contribution in [-0.2, 0) is 21.1 Å². The molecule has 0 aliphatic carbocycles. The summed E-state index contributed by atoms with van der Waals surface area (Å²) in [5.74, 6) is 0. The average molecular weight is 560 g/mol. The number of aliphatic hydroxyl groups is 1. The quantitative estimate of drug-likeness (QED) is 0.195. The normalized spacial score (nSPS) is 10.5. The van der Waals surface area contributed by atoms with Gasteiger partial charge in [-0.25, -0.2) is 0 Å². The molecule has 0 spiro atoms. The fraction of sp³-hybridized carbons (Fsp3) is 0. The molecule has 0 atom stereocenters. The molecule has 2 aromatic heterocycles. The molecule has 1 N–H and O–H groups in total. The standard InChI is InChI=1S/C16H10N2.C8H8NO.Pt/c1-3-12-7-5-11-6-8-13-4-2-10-18-16(13)14(11)15(12)17-9-1;10-7-6-9-8-4-2-1-3-5-8;/h1-10H;1-7,10H;/q;-1;. The van der Waals surface area contributed by atoms with E-state index in [1.54, 1.807) is 0 Å². The molecule has 5 rings (SSSR count). The van der Waals surface area contributed by atoms with Crippen LogP contribution >= 0.6 is 0 Å². The van der Waals surface area contributed by atoms with Crippen LogP contribution in [0.2, 0.25) is 0 Å². The summed E-state index contributed by atoms with van der Waals surface area (Å²) < 4.78 is 0. The largest absolute Gasteiger partial charge is 0.662 e. The van der Waals surface area contributed by atoms with Gasteiger partial charge in [-0.2, -0.15) is 0 Å². The maximum Gasteiger partial charge on any atom is 0.0802 e. The monoisotopic (exact) mass is 559 g/mol. The van der Waals surface area contributed by atoms with E-state index in [1.165, 1.54) is 11.6 Å². The summed E-state index contributed by atoms with van der Waals surface area (Å²) in [6.45, 7) is 0. The Bertz CT molecular complexity index is 1190. The Balaban J connectivity index is 0.000000189. The summed E-state index contributed by atoms with van der Waals surface area (Å²) in [6.07, 6.45) is 5.93. The smallest absolute Gasteiger partial charge is 0.0802 e. The zero-order chi connectivity index (χ0) is 19.2. The van der Waals surface area contributed by atoms with Crippen LogP contribution in [0.3, 0.4) is 0 Å². The number of fused-ring (bicyclic) bond motifs is 5. The topological polar surface area (TPSA) is 60.1 Å². The van der Waals surface area contributed by atoms with Gasteiger partial charge in [-0.1, -0.05) is 66.7 Å². The molecule has 0 amide bonds. The minimum atomic E-state index is 0. The second kappa shape index (κ2) is 9.81. The summed E-state index contributed by atoms with van der Waals surface area (Å²) in [7, 11) is 0. The molecule has 29 heavy (non-hydrogen) atoms. The second-order valence-corrected chi connectivity index (χ2v) is 6.14. The van der Waals surface area contributed by atoms with Crippen LogP contribution in [0.4, 0.5) is 5.69 Å². The molecular formula is C24H18N3OPt-. The SMILES string of the molecule is OC=C[N-]c1ccccc1.[Pt].c1cnc2c(c1)ccc1ccc3cccnc3c12. The minimum Gasteiger partial charge on any atom is -0.662 e. The molecule has 0 bridgehead atoms. The molecular weight excluding hydrogens is 541 g/mol. The van der Waals surface area contributed by atoms with E-state index in [-0.39, 0.29) is 21.1 Å². The van der Waals surface area contributed by atoms with E-state index in [0.29, 0.717) is 0 Å². The summed E-state index contributed by atoms with van der Waals surface area (Å²) in [5, 5.41) is 16.8. The number of rotatable bonds is 2. The van der Waals surface area contributed by atoms with Gasteiger partial charge in [-0.15, -0.1) is 11.9 Å². The van der Waals surface area contributed by atoms with Gasteiger partial charge in [0.2, 0.25) is 0 Å². The van der Waals surface area contributed by atoms with Crippen molar-refractivity contribution >= 4 is 38.3 Å². The van der Waals surface area contributed by atoms with E-state index >= 15 is 0 Å². The van der Waals surface area contributed by atoms with Gasteiger partial charge in [0.05, 0.1) is 17.3 Å². The van der Waals surface area contributed by atoms with E-state index in [9.17, 15) is 0 Å². The van der Waals surface area contributed by atoms with Crippen molar-refractivity contribution < 1.29 is 26.2 Å². The maximum absolute atomic E-state index is 8.25. The van der Waals surface area contributed by atoms with Gasteiger partial charge in [0.25, 0.3) is 0 Å². The third kappa shape index (κ3) is 4.61. The predicted molar refractivity (Wildman–Crippen MR) is 116 cm³/mol. The first-order valence-corrected chi connectivity index (χ1v) is 8.93. The molecule has 146 valence electrons. The van der Waals surface area contributed by atoms with E-state index in [0.717, 1.165) is 39.1 Å². The summed E-state index contributed by atoms with van der Waals surface area (Å²) >= 11 is 0. The van der Waals surface area contributed by atoms with Gasteiger partial charge in [0.15, 0.2) is 0 Å². The molecule has 4 nitrogen and oxygen atoms in total. The number of benzene rings is 3. The van der Waals surface area contributed by atoms with Crippen LogP contribution in [0, 0.1) is 0 Å². The summed E-state index contributed by atoms with van der Waals surface area (Å²) in [5.41, 5.74) is 2.89. The molecule has 0 unspecified atom stereocenters. The Morgan fingerprint density at radius 2 is 1.21 bits per heavy atom. The molecule has 5 heteroatoms. The van der Waals surface area contributed by atoms with Crippen molar-refractivity contribution in [3.63, 3.8) is 0 Å². The van der Waals surface area contributed by atoms with Crippen molar-refractivity contribution in [3.8, 4) is 0 Å². The molecule has 0 saturated carbocycles. The Hall–Kier alpha value is -3.23. The number of aliphatic hydroxyl groups excluding tert-OH is 1. The number of aromatic nitrogens is 2. The van der Waals surface area contributed by atoms with E-state index in [1.807, 2.05) is 54.9 Å². The van der Waals surface area contributed by atoms with Crippen LogP contribution in [0.25, 0.3) is 37.9 Å². The summed E-state index contributed by atoms with van der Waals surface area (Å²) in [4.78, 5) is 9.04. The van der Waals surface area contributed by atoms with Crippen LogP contribution in [0.1, 0.15) is 0 Å². The molecule has 0 radical (unpaired) electrons. The van der Waals surface area contributed by atoms with Gasteiger partial charge in [0, 0.05) is 49.6 Å². The fourth-order valence-corrected chi connectivity index (χ4v) is 3.12. The average Bonchev–Trinajstić information content (AvgIpc) is 2.78. The Kier molecular flexibility index (Phi) is 6.93. The third-order valence-electron chi connectivity index (χ3n) is 4.37. The van der Waals surface area contributed by atoms with Crippen molar-refractivity contribution in [1.82, 2.24) is 9.97 Å². The molecule has 0 fully saturated rings. The molecule has 3 aromatic carbocycles. The minimum absolute atomic E-state index is 0. The van der Waals surface area contributed by atoms with Crippen LogP contribution in [0.15, 0.2) is 104 Å². The summed E-state index contributed by atoms with van der Waals surface area (Å²) in [6, 6.07) is 26.0. The van der Waals surface area contributed by atoms with Gasteiger partial charge < -0.3 is 10.4 Å². The van der Waals surface area contributed by atoms with Crippen LogP contribution in [-0.4, -0.2) is 15.1 Å². The van der Waals surface area contributed by atoms with Crippen LogP contribution < -0.4 is 0 Å². The Morgan fingerprint density at radius 3 is 1.76 bits per heavy atom. The zero-order valence-corrected chi connectivity index (χ0v) is 17.7. The molecule has 5 aromatic rings. The van der Waals surface area contributed by atoms with Crippen molar-refractivity contribution in [2.45, 2.75) is 0 Å². The zero-order valence-electron chi connectivity index (χ0n) is 15.4. The Labute approximate surface area is 183 Å². The first-order valence-electron chi connectivity index (χ1n) is 8.93. The first kappa shape index (κ1) is 20.5. The van der Waals surface area contributed by atoms with Gasteiger partial charge in [0.1, 0.15) is 0 Å². The number of hydrogen-bond acceptors (Lipinski definition) is 3. The molecule has 2 heterocycles. The van der Waals surface area contributed by atoms with Crippen molar-refractivity contribution in [1.29, 1.82) is 0 Å². The number of para-hydroxylation sites is 1. The second-order valence-electron chi connectivity index (χ2n) is 6.14. The molecule has 0 saturated heterocycles. The van der Waals surface area contributed by atoms with Gasteiger partial charge >= 0.3 is 0 Å². The number of nitrogens with zero attached hydrogens (tertiary/aromatic N) is 3. The third-order valence-corrected chi connectivity index (χ3v) is 4.37. The predicted octanol–water partition coefficient (Wildman–Crippen LogP) is 6.65. The maximum atomic E-state index is 8.25. The van der Waals surface area contributed by atoms with E-state index < -0.39 is 0 Å². The van der Waals surface area contributed by atoms with Crippen LogP contribution in [0.5, 0.6) is 0 Å². The van der Waals surface area contributed by atoms with E-state index in [4.69, 9.17) is 5.11 Å². The van der Waals surface area contributed by atoms with Gasteiger partial charge in [-0.3, -0.25) is 9.97 Å². The van der Waals surface area contributed by atoms with Crippen molar-refractivity contribution in [2.24, 2.45) is 0 Å². The van der Waals surface area contributed by atoms with Crippen molar-refractivity contribution in [3.05, 3.63) is 109 Å². The Morgan fingerprint density at radius 1 is 0.655 bits per heavy atom. The molecule has 0 aliphatic heterocycles. The van der Waals surface area contributed by atoms with Gasteiger partial charge in [-0.05, 0) is 17.5 Å². The van der Waals surface area contributed by atoms with E-state index in [2.05, 4.69) is 51.7 Å².